The zero-order valence-electron chi connectivity index (χ0n) is 21.0. The molecule has 0 radical (unpaired) electrons. The lowest BCUT2D eigenvalue weighted by molar-refractivity contribution is -0.113. The number of carbonyl (C=O) groups excluding carboxylic acids is 1. The van der Waals surface area contributed by atoms with E-state index in [1.54, 1.807) is 31.2 Å². The lowest BCUT2D eigenvalue weighted by Gasteiger charge is -2.29. The van der Waals surface area contributed by atoms with E-state index in [1.807, 2.05) is 37.3 Å². The van der Waals surface area contributed by atoms with Crippen LogP contribution in [0.1, 0.15) is 31.0 Å². The Hall–Kier alpha value is -3.53. The molecule has 0 fully saturated rings. The third-order valence-electron chi connectivity index (χ3n) is 6.10. The Balaban J connectivity index is 1.54. The van der Waals surface area contributed by atoms with Crippen LogP contribution in [0.3, 0.4) is 0 Å². The van der Waals surface area contributed by atoms with Crippen LogP contribution in [0.15, 0.2) is 83.2 Å². The van der Waals surface area contributed by atoms with E-state index in [-0.39, 0.29) is 16.2 Å². The molecule has 39 heavy (non-hydrogen) atoms. The number of hydrogen-bond acceptors (Lipinski definition) is 6. The van der Waals surface area contributed by atoms with E-state index in [9.17, 15) is 4.79 Å². The van der Waals surface area contributed by atoms with Gasteiger partial charge in [0, 0.05) is 27.1 Å². The number of fused-ring (bicyclic) bond motifs is 1. The standard InChI is InChI=1S/C28H24Cl2FN5O2S/c1-3-38-22-14-7-6-13-21(22)33-26(37)23-16(2)32-27-34-28(39-15-17-9-4-5-10-18(17)29)35-36(27)25(23)24-19(30)11-8-12-20(24)31/h4-14,25H,3,15H2,1-2H3,(H,33,37)(H,32,34,35). The summed E-state index contributed by atoms with van der Waals surface area (Å²) in [5.41, 5.74) is 2.28. The molecular weight excluding hydrogens is 560 g/mol. The van der Waals surface area contributed by atoms with Crippen molar-refractivity contribution in [1.29, 1.82) is 0 Å². The van der Waals surface area contributed by atoms with Crippen LogP contribution in [0.4, 0.5) is 16.0 Å². The van der Waals surface area contributed by atoms with Gasteiger partial charge in [-0.25, -0.2) is 9.07 Å². The first-order valence-electron chi connectivity index (χ1n) is 12.1. The number of aromatic nitrogens is 3. The summed E-state index contributed by atoms with van der Waals surface area (Å²) in [6.45, 7) is 4.03. The molecule has 0 aliphatic carbocycles. The largest absolute Gasteiger partial charge is 0.492 e. The van der Waals surface area contributed by atoms with Crippen molar-refractivity contribution in [3.05, 3.63) is 105 Å². The van der Waals surface area contributed by atoms with Gasteiger partial charge < -0.3 is 15.4 Å². The molecule has 0 bridgehead atoms. The van der Waals surface area contributed by atoms with Crippen molar-refractivity contribution in [3.8, 4) is 5.75 Å². The van der Waals surface area contributed by atoms with Gasteiger partial charge in [0.05, 0.1) is 17.9 Å². The number of amides is 1. The molecule has 0 saturated heterocycles. The molecule has 2 heterocycles. The third kappa shape index (κ3) is 5.61. The SMILES string of the molecule is CCOc1ccccc1NC(=O)C1=C(C)Nc2nc(SCc3ccccc3Cl)nn2C1c1c(F)cccc1Cl. The summed E-state index contributed by atoms with van der Waals surface area (Å²) in [6.07, 6.45) is 0. The zero-order valence-corrected chi connectivity index (χ0v) is 23.4. The highest BCUT2D eigenvalue weighted by molar-refractivity contribution is 7.98. The van der Waals surface area contributed by atoms with Crippen LogP contribution >= 0.6 is 35.0 Å². The number of carbonyl (C=O) groups is 1. The van der Waals surface area contributed by atoms with Crippen LogP contribution in [0.25, 0.3) is 0 Å². The van der Waals surface area contributed by atoms with E-state index < -0.39 is 17.8 Å². The Morgan fingerprint density at radius 1 is 1.10 bits per heavy atom. The lowest BCUT2D eigenvalue weighted by atomic mass is 9.94. The van der Waals surface area contributed by atoms with Gasteiger partial charge in [0.1, 0.15) is 17.6 Å². The fraction of sp³-hybridized carbons (Fsp3) is 0.179. The number of hydrogen-bond donors (Lipinski definition) is 2. The number of rotatable bonds is 8. The van der Waals surface area contributed by atoms with Crippen molar-refractivity contribution in [1.82, 2.24) is 14.8 Å². The van der Waals surface area contributed by atoms with Gasteiger partial charge in [-0.2, -0.15) is 4.98 Å². The number of halogens is 3. The van der Waals surface area contributed by atoms with Gasteiger partial charge in [0.15, 0.2) is 0 Å². The summed E-state index contributed by atoms with van der Waals surface area (Å²) in [7, 11) is 0. The summed E-state index contributed by atoms with van der Waals surface area (Å²) < 4.78 is 22.5. The highest BCUT2D eigenvalue weighted by atomic mass is 35.5. The maximum absolute atomic E-state index is 15.3. The fourth-order valence-corrected chi connectivity index (χ4v) is 5.71. The van der Waals surface area contributed by atoms with Gasteiger partial charge in [0.25, 0.3) is 5.91 Å². The first kappa shape index (κ1) is 27.1. The quantitative estimate of drug-likeness (QED) is 0.211. The molecule has 0 saturated carbocycles. The number of anilines is 2. The van der Waals surface area contributed by atoms with Gasteiger partial charge in [-0.1, -0.05) is 71.4 Å². The van der Waals surface area contributed by atoms with Crippen LogP contribution in [0.2, 0.25) is 10.0 Å². The van der Waals surface area contributed by atoms with E-state index >= 15 is 4.39 Å². The average Bonchev–Trinajstić information content (AvgIpc) is 3.31. The topological polar surface area (TPSA) is 81.1 Å². The van der Waals surface area contributed by atoms with Crippen LogP contribution in [0.5, 0.6) is 5.75 Å². The molecule has 1 amide bonds. The molecule has 3 aromatic carbocycles. The van der Waals surface area contributed by atoms with Crippen molar-refractivity contribution in [3.63, 3.8) is 0 Å². The molecule has 1 aliphatic heterocycles. The molecule has 1 aliphatic rings. The summed E-state index contributed by atoms with van der Waals surface area (Å²) in [4.78, 5) is 18.4. The van der Waals surface area contributed by atoms with Crippen LogP contribution < -0.4 is 15.4 Å². The van der Waals surface area contributed by atoms with Crippen molar-refractivity contribution >= 4 is 52.5 Å². The minimum atomic E-state index is -0.976. The van der Waals surface area contributed by atoms with E-state index in [2.05, 4.69) is 20.7 Å². The number of ether oxygens (including phenoxy) is 1. The first-order valence-corrected chi connectivity index (χ1v) is 13.9. The van der Waals surface area contributed by atoms with Gasteiger partial charge in [-0.05, 0) is 49.7 Å². The van der Waals surface area contributed by atoms with E-state index in [4.69, 9.17) is 27.9 Å². The maximum atomic E-state index is 15.3. The minimum absolute atomic E-state index is 0.122. The van der Waals surface area contributed by atoms with Crippen molar-refractivity contribution in [2.75, 3.05) is 17.2 Å². The van der Waals surface area contributed by atoms with Gasteiger partial charge in [-0.3, -0.25) is 4.79 Å². The number of thioether (sulfide) groups is 1. The predicted octanol–water partition coefficient (Wildman–Crippen LogP) is 7.34. The Morgan fingerprint density at radius 3 is 2.62 bits per heavy atom. The molecule has 1 atom stereocenters. The molecule has 4 aromatic rings. The second-order valence-electron chi connectivity index (χ2n) is 8.63. The maximum Gasteiger partial charge on any atom is 0.255 e. The normalized spacial score (nSPS) is 14.5. The monoisotopic (exact) mass is 583 g/mol. The second-order valence-corrected chi connectivity index (χ2v) is 10.4. The van der Waals surface area contributed by atoms with Crippen molar-refractivity contribution < 1.29 is 13.9 Å². The zero-order chi connectivity index (χ0) is 27.5. The molecular formula is C28H24Cl2FN5O2S. The van der Waals surface area contributed by atoms with Crippen LogP contribution in [-0.2, 0) is 10.5 Å². The van der Waals surface area contributed by atoms with Gasteiger partial charge in [0.2, 0.25) is 11.1 Å². The van der Waals surface area contributed by atoms with Crippen molar-refractivity contribution in [2.24, 2.45) is 0 Å². The molecule has 200 valence electrons. The minimum Gasteiger partial charge on any atom is -0.492 e. The summed E-state index contributed by atoms with van der Waals surface area (Å²) in [6, 6.07) is 18.1. The predicted molar refractivity (Wildman–Crippen MR) is 153 cm³/mol. The summed E-state index contributed by atoms with van der Waals surface area (Å²) in [5, 5.41) is 12.0. The lowest BCUT2D eigenvalue weighted by Crippen LogP contribution is -2.32. The van der Waals surface area contributed by atoms with E-state index in [0.29, 0.717) is 45.6 Å². The Morgan fingerprint density at radius 2 is 1.85 bits per heavy atom. The highest BCUT2D eigenvalue weighted by Gasteiger charge is 2.37. The number of nitrogens with zero attached hydrogens (tertiary/aromatic N) is 3. The van der Waals surface area contributed by atoms with Crippen LogP contribution in [0, 0.1) is 5.82 Å². The second kappa shape index (κ2) is 11.7. The molecule has 11 heteroatoms. The average molecular weight is 585 g/mol. The molecule has 5 rings (SSSR count). The van der Waals surface area contributed by atoms with Gasteiger partial charge in [-0.15, -0.1) is 5.10 Å². The molecule has 0 spiro atoms. The number of nitrogens with one attached hydrogen (secondary N) is 2. The highest BCUT2D eigenvalue weighted by Crippen LogP contribution is 2.41. The van der Waals surface area contributed by atoms with Gasteiger partial charge >= 0.3 is 0 Å². The fourth-order valence-electron chi connectivity index (χ4n) is 4.32. The third-order valence-corrected chi connectivity index (χ3v) is 7.69. The number of benzene rings is 3. The summed E-state index contributed by atoms with van der Waals surface area (Å²) >= 11 is 14.2. The molecule has 2 N–H and O–H groups in total. The molecule has 1 aromatic heterocycles. The van der Waals surface area contributed by atoms with Crippen molar-refractivity contribution in [2.45, 2.75) is 30.8 Å². The first-order chi connectivity index (χ1) is 18.9. The molecule has 1 unspecified atom stereocenters. The summed E-state index contributed by atoms with van der Waals surface area (Å²) in [5.74, 6) is 0.402. The van der Waals surface area contributed by atoms with E-state index in [0.717, 1.165) is 5.56 Å². The Kier molecular flexibility index (Phi) is 8.11. The number of allylic oxidation sites excluding steroid dienone is 1. The Bertz CT molecular complexity index is 1560. The van der Waals surface area contributed by atoms with E-state index in [1.165, 1.54) is 28.6 Å². The number of para-hydroxylation sites is 2. The van der Waals surface area contributed by atoms with Crippen LogP contribution in [-0.4, -0.2) is 27.3 Å². The smallest absolute Gasteiger partial charge is 0.255 e. The Labute approximate surface area is 239 Å². The molecule has 7 nitrogen and oxygen atoms in total.